The average molecular weight is 291 g/mol. The van der Waals surface area contributed by atoms with E-state index >= 15 is 0 Å². The second kappa shape index (κ2) is 5.30. The predicted molar refractivity (Wildman–Crippen MR) is 66.6 cm³/mol. The van der Waals surface area contributed by atoms with E-state index in [0.29, 0.717) is 17.2 Å². The Hall–Kier alpha value is -1.40. The highest BCUT2D eigenvalue weighted by Crippen LogP contribution is 2.31. The van der Waals surface area contributed by atoms with Crippen LogP contribution in [0.15, 0.2) is 18.2 Å². The Morgan fingerprint density at radius 3 is 3.00 bits per heavy atom. The number of hydrogen-bond acceptors (Lipinski definition) is 3. The standard InChI is InChI=1S/C12H13ClF2N2O2/c13-8-1-2-9-7(3-8)4-10(19-9)11(18)17-6-12(14,15)5-16/h1-3,10H,4-6,16H2,(H,17,18). The van der Waals surface area contributed by atoms with Gasteiger partial charge in [-0.1, -0.05) is 11.6 Å². The smallest absolute Gasteiger partial charge is 0.277 e. The summed E-state index contributed by atoms with van der Waals surface area (Å²) in [4.78, 5) is 11.7. The van der Waals surface area contributed by atoms with Crippen molar-refractivity contribution in [3.8, 4) is 5.75 Å². The van der Waals surface area contributed by atoms with Gasteiger partial charge in [0.25, 0.3) is 11.8 Å². The molecular weight excluding hydrogens is 278 g/mol. The maximum absolute atomic E-state index is 12.9. The van der Waals surface area contributed by atoms with Gasteiger partial charge in [-0.2, -0.15) is 0 Å². The fourth-order valence-electron chi connectivity index (χ4n) is 1.77. The van der Waals surface area contributed by atoms with Crippen molar-refractivity contribution in [3.63, 3.8) is 0 Å². The van der Waals surface area contributed by atoms with Gasteiger partial charge in [-0.25, -0.2) is 8.78 Å². The molecule has 0 aliphatic carbocycles. The minimum absolute atomic E-state index is 0.315. The fourth-order valence-corrected chi connectivity index (χ4v) is 1.96. The number of ether oxygens (including phenoxy) is 1. The highest BCUT2D eigenvalue weighted by Gasteiger charge is 2.32. The van der Waals surface area contributed by atoms with Crippen molar-refractivity contribution in [3.05, 3.63) is 28.8 Å². The molecule has 0 bridgehead atoms. The summed E-state index contributed by atoms with van der Waals surface area (Å²) in [5, 5.41) is 2.68. The van der Waals surface area contributed by atoms with Gasteiger partial charge < -0.3 is 15.8 Å². The van der Waals surface area contributed by atoms with E-state index in [9.17, 15) is 13.6 Å². The van der Waals surface area contributed by atoms with E-state index < -0.39 is 31.0 Å². The molecule has 2 rings (SSSR count). The van der Waals surface area contributed by atoms with Crippen molar-refractivity contribution >= 4 is 17.5 Å². The molecule has 1 heterocycles. The average Bonchev–Trinajstić information content (AvgIpc) is 2.79. The van der Waals surface area contributed by atoms with E-state index in [-0.39, 0.29) is 0 Å². The summed E-state index contributed by atoms with van der Waals surface area (Å²) in [6.45, 7) is -1.60. The molecule has 1 aromatic carbocycles. The highest BCUT2D eigenvalue weighted by molar-refractivity contribution is 6.30. The predicted octanol–water partition coefficient (Wildman–Crippen LogP) is 1.35. The van der Waals surface area contributed by atoms with Crippen LogP contribution >= 0.6 is 11.6 Å². The van der Waals surface area contributed by atoms with E-state index in [0.717, 1.165) is 5.56 Å². The molecule has 0 radical (unpaired) electrons. The van der Waals surface area contributed by atoms with Crippen LogP contribution in [0.2, 0.25) is 5.02 Å². The minimum atomic E-state index is -3.11. The monoisotopic (exact) mass is 290 g/mol. The number of benzene rings is 1. The summed E-state index contributed by atoms with van der Waals surface area (Å²) in [6, 6.07) is 4.99. The first-order valence-corrected chi connectivity index (χ1v) is 6.10. The molecule has 3 N–H and O–H groups in total. The van der Waals surface area contributed by atoms with Crippen LogP contribution in [0.3, 0.4) is 0 Å². The van der Waals surface area contributed by atoms with Gasteiger partial charge in [0.05, 0.1) is 13.1 Å². The normalized spacial score (nSPS) is 17.8. The molecule has 7 heteroatoms. The molecular formula is C12H13ClF2N2O2. The Bertz CT molecular complexity index is 497. The van der Waals surface area contributed by atoms with Crippen LogP contribution in [0.25, 0.3) is 0 Å². The summed E-state index contributed by atoms with van der Waals surface area (Å²) < 4.78 is 31.2. The van der Waals surface area contributed by atoms with Crippen LogP contribution in [-0.2, 0) is 11.2 Å². The lowest BCUT2D eigenvalue weighted by Gasteiger charge is -2.16. The maximum Gasteiger partial charge on any atom is 0.277 e. The van der Waals surface area contributed by atoms with Crippen LogP contribution in [0.4, 0.5) is 8.78 Å². The van der Waals surface area contributed by atoms with E-state index in [1.165, 1.54) is 0 Å². The van der Waals surface area contributed by atoms with E-state index in [2.05, 4.69) is 5.32 Å². The van der Waals surface area contributed by atoms with E-state index in [1.54, 1.807) is 18.2 Å². The molecule has 0 saturated heterocycles. The number of nitrogens with two attached hydrogens (primary N) is 1. The first-order chi connectivity index (χ1) is 8.91. The maximum atomic E-state index is 12.9. The molecule has 0 aromatic heterocycles. The third kappa shape index (κ3) is 3.33. The van der Waals surface area contributed by atoms with Crippen molar-refractivity contribution in [2.24, 2.45) is 5.73 Å². The van der Waals surface area contributed by atoms with Crippen molar-refractivity contribution in [1.82, 2.24) is 5.32 Å². The molecule has 4 nitrogen and oxygen atoms in total. The first kappa shape index (κ1) is 14.0. The van der Waals surface area contributed by atoms with E-state index in [1.807, 2.05) is 0 Å². The Morgan fingerprint density at radius 1 is 1.58 bits per heavy atom. The van der Waals surface area contributed by atoms with Gasteiger partial charge in [0.15, 0.2) is 6.10 Å². The molecule has 0 saturated carbocycles. The number of alkyl halides is 2. The lowest BCUT2D eigenvalue weighted by atomic mass is 10.1. The Morgan fingerprint density at radius 2 is 2.32 bits per heavy atom. The zero-order valence-corrected chi connectivity index (χ0v) is 10.7. The molecule has 1 aliphatic heterocycles. The van der Waals surface area contributed by atoms with Crippen LogP contribution < -0.4 is 15.8 Å². The molecule has 1 amide bonds. The first-order valence-electron chi connectivity index (χ1n) is 5.72. The SMILES string of the molecule is NCC(F)(F)CNC(=O)C1Cc2cc(Cl)ccc2O1. The fraction of sp³-hybridized carbons (Fsp3) is 0.417. The molecule has 0 spiro atoms. The molecule has 1 atom stereocenters. The third-order valence-corrected chi connectivity index (χ3v) is 3.04. The second-order valence-corrected chi connectivity index (χ2v) is 4.78. The number of nitrogens with one attached hydrogen (secondary N) is 1. The van der Waals surface area contributed by atoms with Crippen molar-refractivity contribution in [1.29, 1.82) is 0 Å². The number of halogens is 3. The number of fused-ring (bicyclic) bond motifs is 1. The van der Waals surface area contributed by atoms with Crippen molar-refractivity contribution in [2.75, 3.05) is 13.1 Å². The molecule has 19 heavy (non-hydrogen) atoms. The molecule has 1 unspecified atom stereocenters. The molecule has 1 aliphatic rings. The summed E-state index contributed by atoms with van der Waals surface area (Å²) >= 11 is 5.82. The zero-order valence-electron chi connectivity index (χ0n) is 9.96. The van der Waals surface area contributed by atoms with Crippen LogP contribution in [0.1, 0.15) is 5.56 Å². The summed E-state index contributed by atoms with van der Waals surface area (Å²) in [5.41, 5.74) is 5.67. The molecule has 104 valence electrons. The number of amides is 1. The van der Waals surface area contributed by atoms with Gasteiger partial charge >= 0.3 is 0 Å². The van der Waals surface area contributed by atoms with Gasteiger partial charge in [0.1, 0.15) is 5.75 Å². The van der Waals surface area contributed by atoms with Gasteiger partial charge in [0.2, 0.25) is 0 Å². The molecule has 1 aromatic rings. The quantitative estimate of drug-likeness (QED) is 0.880. The second-order valence-electron chi connectivity index (χ2n) is 4.34. The number of carbonyl (C=O) groups is 1. The Balaban J connectivity index is 1.94. The summed E-state index contributed by atoms with van der Waals surface area (Å²) in [5.74, 6) is -3.14. The number of carbonyl (C=O) groups excluding carboxylic acids is 1. The lowest BCUT2D eigenvalue weighted by molar-refractivity contribution is -0.129. The molecule has 0 fully saturated rings. The minimum Gasteiger partial charge on any atom is -0.480 e. The van der Waals surface area contributed by atoms with Gasteiger partial charge in [-0.15, -0.1) is 0 Å². The lowest BCUT2D eigenvalue weighted by Crippen LogP contribution is -2.46. The van der Waals surface area contributed by atoms with Crippen LogP contribution in [0, 0.1) is 0 Å². The van der Waals surface area contributed by atoms with Crippen LogP contribution in [0.5, 0.6) is 5.75 Å². The Kier molecular flexibility index (Phi) is 3.91. The summed E-state index contributed by atoms with van der Waals surface area (Å²) in [6.07, 6.45) is -0.488. The zero-order chi connectivity index (χ0) is 14.0. The van der Waals surface area contributed by atoms with E-state index in [4.69, 9.17) is 22.1 Å². The largest absolute Gasteiger partial charge is 0.480 e. The van der Waals surface area contributed by atoms with Crippen molar-refractivity contribution in [2.45, 2.75) is 18.4 Å². The number of hydrogen-bond donors (Lipinski definition) is 2. The van der Waals surface area contributed by atoms with Crippen LogP contribution in [-0.4, -0.2) is 31.0 Å². The van der Waals surface area contributed by atoms with Gasteiger partial charge in [0, 0.05) is 11.4 Å². The Labute approximate surface area is 113 Å². The third-order valence-electron chi connectivity index (χ3n) is 2.81. The van der Waals surface area contributed by atoms with Crippen molar-refractivity contribution < 1.29 is 18.3 Å². The topological polar surface area (TPSA) is 64.3 Å². The number of rotatable bonds is 4. The highest BCUT2D eigenvalue weighted by atomic mass is 35.5. The van der Waals surface area contributed by atoms with Gasteiger partial charge in [-0.05, 0) is 23.8 Å². The van der Waals surface area contributed by atoms with Gasteiger partial charge in [-0.3, -0.25) is 4.79 Å². The summed E-state index contributed by atoms with van der Waals surface area (Å²) in [7, 11) is 0.